The van der Waals surface area contributed by atoms with Gasteiger partial charge in [0, 0.05) is 22.8 Å². The van der Waals surface area contributed by atoms with Crippen molar-refractivity contribution < 1.29 is 0 Å². The first-order chi connectivity index (χ1) is 8.85. The highest BCUT2D eigenvalue weighted by molar-refractivity contribution is 9.10. The van der Waals surface area contributed by atoms with Crippen molar-refractivity contribution in [2.24, 2.45) is 0 Å². The maximum absolute atomic E-state index is 4.28. The average Bonchev–Trinajstić information content (AvgIpc) is 2.73. The standard InChI is InChI=1S/C14H17Br2N3/c1-14(2,3)17-7-10-4-5-12(6-13(10)16)19-9-11(15)8-18-19/h4-6,8-9,17H,7H2,1-3H3. The summed E-state index contributed by atoms with van der Waals surface area (Å²) in [7, 11) is 0. The molecule has 0 saturated heterocycles. The monoisotopic (exact) mass is 385 g/mol. The van der Waals surface area contributed by atoms with E-state index in [9.17, 15) is 0 Å². The minimum absolute atomic E-state index is 0.116. The number of hydrogen-bond donors (Lipinski definition) is 1. The van der Waals surface area contributed by atoms with Gasteiger partial charge in [-0.15, -0.1) is 0 Å². The van der Waals surface area contributed by atoms with E-state index in [1.807, 2.05) is 10.9 Å². The van der Waals surface area contributed by atoms with E-state index in [1.165, 1.54) is 5.56 Å². The summed E-state index contributed by atoms with van der Waals surface area (Å²) in [6.07, 6.45) is 3.72. The maximum atomic E-state index is 4.28. The van der Waals surface area contributed by atoms with Crippen LogP contribution in [0.15, 0.2) is 39.5 Å². The Morgan fingerprint density at radius 1 is 1.26 bits per heavy atom. The summed E-state index contributed by atoms with van der Waals surface area (Å²) >= 11 is 7.03. The quantitative estimate of drug-likeness (QED) is 0.852. The predicted octanol–water partition coefficient (Wildman–Crippen LogP) is 4.29. The van der Waals surface area contributed by atoms with Crippen molar-refractivity contribution in [2.45, 2.75) is 32.9 Å². The van der Waals surface area contributed by atoms with Crippen LogP contribution in [-0.4, -0.2) is 15.3 Å². The second-order valence-corrected chi connectivity index (χ2v) is 7.25. The van der Waals surface area contributed by atoms with E-state index in [2.05, 4.69) is 81.2 Å². The molecule has 0 aliphatic heterocycles. The molecule has 2 rings (SSSR count). The zero-order valence-electron chi connectivity index (χ0n) is 11.2. The minimum Gasteiger partial charge on any atom is -0.308 e. The molecular formula is C14H17Br2N3. The van der Waals surface area contributed by atoms with Crippen molar-refractivity contribution in [3.05, 3.63) is 45.1 Å². The fourth-order valence-electron chi connectivity index (χ4n) is 1.62. The summed E-state index contributed by atoms with van der Waals surface area (Å²) < 4.78 is 3.91. The molecule has 2 aromatic rings. The van der Waals surface area contributed by atoms with Gasteiger partial charge in [-0.25, -0.2) is 4.68 Å². The molecule has 0 fully saturated rings. The van der Waals surface area contributed by atoms with Crippen LogP contribution in [-0.2, 0) is 6.54 Å². The lowest BCUT2D eigenvalue weighted by atomic mass is 10.1. The van der Waals surface area contributed by atoms with Crippen LogP contribution in [0.4, 0.5) is 0 Å². The molecule has 0 amide bonds. The number of rotatable bonds is 3. The molecule has 1 aromatic heterocycles. The Kier molecular flexibility index (Phi) is 4.48. The topological polar surface area (TPSA) is 29.9 Å². The summed E-state index contributed by atoms with van der Waals surface area (Å²) in [6, 6.07) is 6.27. The van der Waals surface area contributed by atoms with Crippen molar-refractivity contribution in [2.75, 3.05) is 0 Å². The number of nitrogens with one attached hydrogen (secondary N) is 1. The summed E-state index contributed by atoms with van der Waals surface area (Å²) in [5.41, 5.74) is 2.40. The van der Waals surface area contributed by atoms with Gasteiger partial charge in [-0.1, -0.05) is 22.0 Å². The predicted molar refractivity (Wildman–Crippen MR) is 85.6 cm³/mol. The van der Waals surface area contributed by atoms with Crippen LogP contribution >= 0.6 is 31.9 Å². The summed E-state index contributed by atoms with van der Waals surface area (Å²) in [5.74, 6) is 0. The second-order valence-electron chi connectivity index (χ2n) is 5.48. The van der Waals surface area contributed by atoms with Gasteiger partial charge < -0.3 is 5.32 Å². The lowest BCUT2D eigenvalue weighted by molar-refractivity contribution is 0.424. The van der Waals surface area contributed by atoms with Gasteiger partial charge in [0.05, 0.1) is 16.4 Å². The van der Waals surface area contributed by atoms with Gasteiger partial charge in [-0.05, 0) is 54.4 Å². The average molecular weight is 387 g/mol. The highest BCUT2D eigenvalue weighted by atomic mass is 79.9. The first-order valence-electron chi connectivity index (χ1n) is 6.09. The first kappa shape index (κ1) is 14.8. The summed E-state index contributed by atoms with van der Waals surface area (Å²) in [6.45, 7) is 7.33. The third-order valence-electron chi connectivity index (χ3n) is 2.66. The SMILES string of the molecule is CC(C)(C)NCc1ccc(-n2cc(Br)cn2)cc1Br. The lowest BCUT2D eigenvalue weighted by Gasteiger charge is -2.21. The summed E-state index contributed by atoms with van der Waals surface area (Å²) in [5, 5.41) is 7.76. The lowest BCUT2D eigenvalue weighted by Crippen LogP contribution is -2.35. The van der Waals surface area contributed by atoms with Crippen LogP contribution in [0.3, 0.4) is 0 Å². The van der Waals surface area contributed by atoms with Crippen LogP contribution in [0, 0.1) is 0 Å². The van der Waals surface area contributed by atoms with E-state index in [0.717, 1.165) is 21.2 Å². The van der Waals surface area contributed by atoms with Crippen molar-refractivity contribution in [3.63, 3.8) is 0 Å². The normalized spacial score (nSPS) is 11.8. The van der Waals surface area contributed by atoms with Gasteiger partial charge in [0.15, 0.2) is 0 Å². The molecule has 19 heavy (non-hydrogen) atoms. The highest BCUT2D eigenvalue weighted by Crippen LogP contribution is 2.22. The zero-order valence-corrected chi connectivity index (χ0v) is 14.4. The van der Waals surface area contributed by atoms with Gasteiger partial charge in [0.1, 0.15) is 0 Å². The third-order valence-corrected chi connectivity index (χ3v) is 3.81. The summed E-state index contributed by atoms with van der Waals surface area (Å²) in [4.78, 5) is 0. The number of nitrogens with zero attached hydrogens (tertiary/aromatic N) is 2. The van der Waals surface area contributed by atoms with Gasteiger partial charge >= 0.3 is 0 Å². The fourth-order valence-corrected chi connectivity index (χ4v) is 2.42. The number of halogens is 2. The van der Waals surface area contributed by atoms with E-state index in [1.54, 1.807) is 6.20 Å². The molecule has 1 heterocycles. The van der Waals surface area contributed by atoms with E-state index >= 15 is 0 Å². The molecule has 3 nitrogen and oxygen atoms in total. The fraction of sp³-hybridized carbons (Fsp3) is 0.357. The zero-order chi connectivity index (χ0) is 14.0. The van der Waals surface area contributed by atoms with Gasteiger partial charge in [0.25, 0.3) is 0 Å². The molecule has 0 spiro atoms. The Labute approximate surface area is 130 Å². The Morgan fingerprint density at radius 3 is 2.53 bits per heavy atom. The smallest absolute Gasteiger partial charge is 0.0657 e. The first-order valence-corrected chi connectivity index (χ1v) is 7.68. The molecule has 0 bridgehead atoms. The van der Waals surface area contributed by atoms with E-state index in [0.29, 0.717) is 0 Å². The molecule has 5 heteroatoms. The Bertz CT molecular complexity index is 570. The highest BCUT2D eigenvalue weighted by Gasteiger charge is 2.10. The van der Waals surface area contributed by atoms with Crippen molar-refractivity contribution in [3.8, 4) is 5.69 Å². The van der Waals surface area contributed by atoms with E-state index in [-0.39, 0.29) is 5.54 Å². The third kappa shape index (κ3) is 4.16. The molecule has 0 saturated carbocycles. The van der Waals surface area contributed by atoms with Crippen LogP contribution in [0.5, 0.6) is 0 Å². The van der Waals surface area contributed by atoms with Crippen LogP contribution < -0.4 is 5.32 Å². The number of benzene rings is 1. The molecule has 0 radical (unpaired) electrons. The largest absolute Gasteiger partial charge is 0.308 e. The van der Waals surface area contributed by atoms with Crippen LogP contribution in [0.1, 0.15) is 26.3 Å². The van der Waals surface area contributed by atoms with Crippen molar-refractivity contribution in [1.29, 1.82) is 0 Å². The van der Waals surface area contributed by atoms with Gasteiger partial charge in [-0.3, -0.25) is 0 Å². The molecule has 0 aliphatic carbocycles. The minimum atomic E-state index is 0.116. The molecule has 102 valence electrons. The number of aromatic nitrogens is 2. The molecule has 0 atom stereocenters. The van der Waals surface area contributed by atoms with Crippen LogP contribution in [0.25, 0.3) is 5.69 Å². The Hall–Kier alpha value is -0.650. The van der Waals surface area contributed by atoms with Crippen molar-refractivity contribution >= 4 is 31.9 Å². The molecule has 0 unspecified atom stereocenters. The van der Waals surface area contributed by atoms with E-state index in [4.69, 9.17) is 0 Å². The Balaban J connectivity index is 2.18. The van der Waals surface area contributed by atoms with Gasteiger partial charge in [0.2, 0.25) is 0 Å². The van der Waals surface area contributed by atoms with Gasteiger partial charge in [-0.2, -0.15) is 5.10 Å². The Morgan fingerprint density at radius 2 is 2.00 bits per heavy atom. The molecular weight excluding hydrogens is 370 g/mol. The maximum Gasteiger partial charge on any atom is 0.0657 e. The number of hydrogen-bond acceptors (Lipinski definition) is 2. The molecule has 1 aromatic carbocycles. The second kappa shape index (κ2) is 5.77. The molecule has 1 N–H and O–H groups in total. The molecule has 0 aliphatic rings. The van der Waals surface area contributed by atoms with Crippen LogP contribution in [0.2, 0.25) is 0 Å². The van der Waals surface area contributed by atoms with E-state index < -0.39 is 0 Å². The van der Waals surface area contributed by atoms with Crippen molar-refractivity contribution in [1.82, 2.24) is 15.1 Å².